The molecule has 3 nitrogen and oxygen atoms in total. The molecule has 1 aliphatic rings. The average Bonchev–Trinajstić information content (AvgIpc) is 3.12. The van der Waals surface area contributed by atoms with E-state index in [1.54, 1.807) is 0 Å². The molecule has 0 saturated heterocycles. The maximum Gasteiger partial charge on any atom is 0.128 e. The van der Waals surface area contributed by atoms with Crippen LogP contribution < -0.4 is 10.2 Å². The molecule has 88 valence electrons. The van der Waals surface area contributed by atoms with E-state index in [9.17, 15) is 0 Å². The van der Waals surface area contributed by atoms with Crippen molar-refractivity contribution in [3.8, 4) is 0 Å². The van der Waals surface area contributed by atoms with Crippen molar-refractivity contribution in [1.82, 2.24) is 10.3 Å². The molecule has 0 bridgehead atoms. The molecular weight excluding hydrogens is 198 g/mol. The van der Waals surface area contributed by atoms with Gasteiger partial charge in [-0.1, -0.05) is 6.07 Å². The lowest BCUT2D eigenvalue weighted by Crippen LogP contribution is -2.31. The summed E-state index contributed by atoms with van der Waals surface area (Å²) in [4.78, 5) is 6.81. The van der Waals surface area contributed by atoms with Crippen LogP contribution in [0.25, 0.3) is 0 Å². The molecule has 1 aliphatic carbocycles. The fourth-order valence-corrected chi connectivity index (χ4v) is 2.04. The Kier molecular flexibility index (Phi) is 3.44. The molecule has 1 N–H and O–H groups in total. The molecule has 0 amide bonds. The number of hydrogen-bond donors (Lipinski definition) is 1. The lowest BCUT2D eigenvalue weighted by Gasteiger charge is -2.25. The average molecular weight is 219 g/mol. The molecule has 0 aliphatic heterocycles. The summed E-state index contributed by atoms with van der Waals surface area (Å²) in [5.41, 5.74) is 1.23. The molecular formula is C13H21N3. The van der Waals surface area contributed by atoms with Crippen LogP contribution in [0.2, 0.25) is 0 Å². The second-order valence-electron chi connectivity index (χ2n) is 4.74. The first-order chi connectivity index (χ1) is 7.72. The number of anilines is 1. The first-order valence-electron chi connectivity index (χ1n) is 6.04. The van der Waals surface area contributed by atoms with Crippen molar-refractivity contribution in [1.29, 1.82) is 0 Å². The number of nitrogens with one attached hydrogen (secondary N) is 1. The Morgan fingerprint density at radius 1 is 1.50 bits per heavy atom. The normalized spacial score (nSPS) is 17.2. The third kappa shape index (κ3) is 2.53. The molecule has 1 fully saturated rings. The molecule has 1 unspecified atom stereocenters. The van der Waals surface area contributed by atoms with Gasteiger partial charge in [-0.3, -0.25) is 0 Å². The third-order valence-electron chi connectivity index (χ3n) is 3.47. The van der Waals surface area contributed by atoms with Gasteiger partial charge in [-0.05, 0) is 44.4 Å². The third-order valence-corrected chi connectivity index (χ3v) is 3.47. The van der Waals surface area contributed by atoms with E-state index in [0.29, 0.717) is 6.04 Å². The van der Waals surface area contributed by atoms with E-state index in [-0.39, 0.29) is 0 Å². The van der Waals surface area contributed by atoms with Gasteiger partial charge in [-0.2, -0.15) is 0 Å². The van der Waals surface area contributed by atoms with E-state index >= 15 is 0 Å². The lowest BCUT2D eigenvalue weighted by molar-refractivity contribution is 0.603. The fraction of sp³-hybridized carbons (Fsp3) is 0.615. The van der Waals surface area contributed by atoms with Gasteiger partial charge >= 0.3 is 0 Å². The van der Waals surface area contributed by atoms with Crippen LogP contribution in [0.4, 0.5) is 5.82 Å². The predicted octanol–water partition coefficient (Wildman–Crippen LogP) is 2.04. The van der Waals surface area contributed by atoms with E-state index in [1.165, 1.54) is 18.4 Å². The zero-order valence-corrected chi connectivity index (χ0v) is 10.4. The highest BCUT2D eigenvalue weighted by Gasteiger charge is 2.30. The van der Waals surface area contributed by atoms with Gasteiger partial charge in [0.05, 0.1) is 0 Å². The van der Waals surface area contributed by atoms with E-state index in [2.05, 4.69) is 41.3 Å². The Morgan fingerprint density at radius 2 is 2.25 bits per heavy atom. The zero-order chi connectivity index (χ0) is 11.5. The van der Waals surface area contributed by atoms with Gasteiger partial charge in [-0.25, -0.2) is 4.98 Å². The van der Waals surface area contributed by atoms with Gasteiger partial charge in [0.1, 0.15) is 5.82 Å². The highest BCUT2D eigenvalue weighted by atomic mass is 15.2. The molecule has 1 saturated carbocycles. The van der Waals surface area contributed by atoms with E-state index in [1.807, 2.05) is 13.2 Å². The Hall–Kier alpha value is -1.09. The summed E-state index contributed by atoms with van der Waals surface area (Å²) in [6.45, 7) is 3.18. The molecule has 2 rings (SSSR count). The summed E-state index contributed by atoms with van der Waals surface area (Å²) in [6, 6.07) is 4.88. The van der Waals surface area contributed by atoms with Gasteiger partial charge in [0, 0.05) is 25.8 Å². The highest BCUT2D eigenvalue weighted by Crippen LogP contribution is 2.35. The minimum absolute atomic E-state index is 0.614. The molecule has 1 atom stereocenters. The number of rotatable bonds is 5. The second kappa shape index (κ2) is 4.83. The molecule has 16 heavy (non-hydrogen) atoms. The summed E-state index contributed by atoms with van der Waals surface area (Å²) in [5, 5.41) is 3.13. The van der Waals surface area contributed by atoms with E-state index in [0.717, 1.165) is 18.3 Å². The summed E-state index contributed by atoms with van der Waals surface area (Å²) in [6.07, 6.45) is 4.72. The molecule has 1 aromatic heterocycles. The number of aromatic nitrogens is 1. The van der Waals surface area contributed by atoms with Gasteiger partial charge < -0.3 is 10.2 Å². The highest BCUT2D eigenvalue weighted by molar-refractivity contribution is 5.39. The maximum atomic E-state index is 4.51. The first kappa shape index (κ1) is 11.4. The Labute approximate surface area is 97.9 Å². The van der Waals surface area contributed by atoms with Crippen molar-refractivity contribution >= 4 is 5.82 Å². The summed E-state index contributed by atoms with van der Waals surface area (Å²) in [5.74, 6) is 1.96. The van der Waals surface area contributed by atoms with Gasteiger partial charge in [-0.15, -0.1) is 0 Å². The minimum atomic E-state index is 0.614. The SMILES string of the molecule is CNCc1ccc(N(C)C(C)C2CC2)nc1. The van der Waals surface area contributed by atoms with Gasteiger partial charge in [0.15, 0.2) is 0 Å². The van der Waals surface area contributed by atoms with E-state index in [4.69, 9.17) is 0 Å². The largest absolute Gasteiger partial charge is 0.357 e. The number of hydrogen-bond acceptors (Lipinski definition) is 3. The summed E-state index contributed by atoms with van der Waals surface area (Å²) >= 11 is 0. The van der Waals surface area contributed by atoms with Gasteiger partial charge in [0.25, 0.3) is 0 Å². The fourth-order valence-electron chi connectivity index (χ4n) is 2.04. The Balaban J connectivity index is 2.02. The molecule has 1 aromatic rings. The zero-order valence-electron chi connectivity index (χ0n) is 10.4. The minimum Gasteiger partial charge on any atom is -0.357 e. The quantitative estimate of drug-likeness (QED) is 0.821. The van der Waals surface area contributed by atoms with Crippen molar-refractivity contribution in [2.45, 2.75) is 32.4 Å². The topological polar surface area (TPSA) is 28.2 Å². The van der Waals surface area contributed by atoms with Crippen LogP contribution in [0.5, 0.6) is 0 Å². The Morgan fingerprint density at radius 3 is 2.75 bits per heavy atom. The van der Waals surface area contributed by atoms with Crippen molar-refractivity contribution in [3.63, 3.8) is 0 Å². The summed E-state index contributed by atoms with van der Waals surface area (Å²) < 4.78 is 0. The van der Waals surface area contributed by atoms with Crippen LogP contribution in [-0.2, 0) is 6.54 Å². The van der Waals surface area contributed by atoms with Crippen molar-refractivity contribution in [3.05, 3.63) is 23.9 Å². The van der Waals surface area contributed by atoms with Crippen LogP contribution in [0.1, 0.15) is 25.3 Å². The number of pyridine rings is 1. The van der Waals surface area contributed by atoms with Crippen LogP contribution in [0.3, 0.4) is 0 Å². The summed E-state index contributed by atoms with van der Waals surface area (Å²) in [7, 11) is 4.10. The molecule has 3 heteroatoms. The van der Waals surface area contributed by atoms with E-state index < -0.39 is 0 Å². The second-order valence-corrected chi connectivity index (χ2v) is 4.74. The Bertz CT molecular complexity index is 330. The van der Waals surface area contributed by atoms with Gasteiger partial charge in [0.2, 0.25) is 0 Å². The van der Waals surface area contributed by atoms with Crippen LogP contribution in [0.15, 0.2) is 18.3 Å². The predicted molar refractivity (Wildman–Crippen MR) is 67.6 cm³/mol. The molecule has 1 heterocycles. The van der Waals surface area contributed by atoms with Crippen molar-refractivity contribution in [2.75, 3.05) is 19.0 Å². The molecule has 0 aromatic carbocycles. The van der Waals surface area contributed by atoms with Crippen molar-refractivity contribution in [2.24, 2.45) is 5.92 Å². The lowest BCUT2D eigenvalue weighted by atomic mass is 10.2. The molecule has 0 radical (unpaired) electrons. The smallest absolute Gasteiger partial charge is 0.128 e. The number of nitrogens with zero attached hydrogens (tertiary/aromatic N) is 2. The van der Waals surface area contributed by atoms with Crippen LogP contribution in [0, 0.1) is 5.92 Å². The van der Waals surface area contributed by atoms with Crippen molar-refractivity contribution < 1.29 is 0 Å². The monoisotopic (exact) mass is 219 g/mol. The standard InChI is InChI=1S/C13H21N3/c1-10(12-5-6-12)16(3)13-7-4-11(8-14-2)9-15-13/h4,7,9-10,12,14H,5-6,8H2,1-3H3. The maximum absolute atomic E-state index is 4.51. The first-order valence-corrected chi connectivity index (χ1v) is 6.04. The molecule has 0 spiro atoms. The van der Waals surface area contributed by atoms with Crippen LogP contribution in [-0.4, -0.2) is 25.1 Å². The van der Waals surface area contributed by atoms with Crippen LogP contribution >= 0.6 is 0 Å².